The Morgan fingerprint density at radius 3 is 2.39 bits per heavy atom. The summed E-state index contributed by atoms with van der Waals surface area (Å²) in [5.74, 6) is 0.612. The summed E-state index contributed by atoms with van der Waals surface area (Å²) in [6.07, 6.45) is 0. The monoisotopic (exact) mass is 426 g/mol. The van der Waals surface area contributed by atoms with Gasteiger partial charge in [-0.3, -0.25) is 0 Å². The van der Waals surface area contributed by atoms with Crippen LogP contribution < -0.4 is 9.77 Å². The number of hydrogen-bond donors (Lipinski definition) is 2. The van der Waals surface area contributed by atoms with Gasteiger partial charge >= 0.3 is 7.12 Å². The van der Waals surface area contributed by atoms with Gasteiger partial charge in [0.25, 0.3) is 10.0 Å². The molecule has 0 atom stereocenters. The zero-order valence-corrected chi connectivity index (χ0v) is 18.7. The molecule has 0 spiro atoms. The van der Waals surface area contributed by atoms with Crippen LogP contribution >= 0.6 is 0 Å². The van der Waals surface area contributed by atoms with E-state index in [9.17, 15) is 18.5 Å². The van der Waals surface area contributed by atoms with Gasteiger partial charge in [0.15, 0.2) is 5.82 Å². The quantitative estimate of drug-likeness (QED) is 0.355. The van der Waals surface area contributed by atoms with Crippen molar-refractivity contribution in [2.45, 2.75) is 44.4 Å². The highest BCUT2D eigenvalue weighted by Gasteiger charge is 2.33. The first-order valence-electron chi connectivity index (χ1n) is 8.93. The summed E-state index contributed by atoms with van der Waals surface area (Å²) in [4.78, 5) is -0.223. The van der Waals surface area contributed by atoms with Crippen LogP contribution in [0.25, 0.3) is 0 Å². The summed E-state index contributed by atoms with van der Waals surface area (Å²) in [6.45, 7) is 10.2. The second-order valence-electron chi connectivity index (χ2n) is 7.80. The summed E-state index contributed by atoms with van der Waals surface area (Å²) < 4.78 is 38.5. The minimum Gasteiger partial charge on any atom is -0.423 e. The smallest absolute Gasteiger partial charge is 0.423 e. The number of anilines is 1. The van der Waals surface area contributed by atoms with Crippen molar-refractivity contribution in [2.75, 3.05) is 17.6 Å². The second-order valence-corrected chi connectivity index (χ2v) is 15.3. The van der Waals surface area contributed by atoms with E-state index in [1.54, 1.807) is 13.8 Å². The molecule has 154 valence electrons. The summed E-state index contributed by atoms with van der Waals surface area (Å²) in [5.41, 5.74) is 0.451. The summed E-state index contributed by atoms with van der Waals surface area (Å²) in [7, 11) is -7.45. The molecule has 0 saturated carbocycles. The zero-order valence-electron chi connectivity index (χ0n) is 16.8. The van der Waals surface area contributed by atoms with Crippen LogP contribution in [0.5, 0.6) is 0 Å². The molecule has 0 aliphatic carbocycles. The van der Waals surface area contributed by atoms with Crippen molar-refractivity contribution < 1.29 is 27.7 Å². The molecule has 2 aromatic rings. The van der Waals surface area contributed by atoms with Gasteiger partial charge in [0.05, 0.1) is 4.90 Å². The fraction of sp³-hybridized carbons (Fsp3) is 0.471. The molecule has 0 saturated heterocycles. The van der Waals surface area contributed by atoms with E-state index < -0.39 is 25.2 Å². The first kappa shape index (κ1) is 22.6. The third-order valence-electron chi connectivity index (χ3n) is 4.34. The van der Waals surface area contributed by atoms with Crippen LogP contribution in [-0.4, -0.2) is 52.2 Å². The van der Waals surface area contributed by atoms with Gasteiger partial charge in [-0.2, -0.15) is 0 Å². The van der Waals surface area contributed by atoms with E-state index in [1.165, 1.54) is 24.3 Å². The van der Waals surface area contributed by atoms with E-state index in [1.807, 2.05) is 0 Å². The summed E-state index contributed by atoms with van der Waals surface area (Å²) in [6, 6.07) is 6.60. The normalized spacial score (nSPS) is 12.2. The van der Waals surface area contributed by atoms with E-state index >= 15 is 0 Å². The van der Waals surface area contributed by atoms with E-state index in [2.05, 4.69) is 24.8 Å². The summed E-state index contributed by atoms with van der Waals surface area (Å²) >= 11 is 0. The van der Waals surface area contributed by atoms with E-state index in [4.69, 9.17) is 9.26 Å². The third kappa shape index (κ3) is 5.23. The average molecular weight is 426 g/mol. The van der Waals surface area contributed by atoms with E-state index in [-0.39, 0.29) is 22.9 Å². The molecule has 1 aromatic heterocycles. The first-order valence-corrected chi connectivity index (χ1v) is 14.1. The highest BCUT2D eigenvalue weighted by Crippen LogP contribution is 2.27. The molecule has 0 radical (unpaired) electrons. The predicted molar refractivity (Wildman–Crippen MR) is 111 cm³/mol. The highest BCUT2D eigenvalue weighted by atomic mass is 32.2. The highest BCUT2D eigenvalue weighted by molar-refractivity contribution is 7.93. The SMILES string of the molecule is Cc1onc(N(COCC[Si](C)(C)C)S(=O)(=O)c2ccccc2B(O)O)c1C. The van der Waals surface area contributed by atoms with E-state index in [0.717, 1.165) is 10.3 Å². The molecule has 0 unspecified atom stereocenters. The molecule has 0 aliphatic rings. The molecule has 0 aliphatic heterocycles. The van der Waals surface area contributed by atoms with Crippen LogP contribution in [0, 0.1) is 13.8 Å². The maximum absolute atomic E-state index is 13.4. The van der Waals surface area contributed by atoms with Gasteiger partial charge in [-0.05, 0) is 26.0 Å². The van der Waals surface area contributed by atoms with Crippen molar-refractivity contribution >= 4 is 36.5 Å². The fourth-order valence-electron chi connectivity index (χ4n) is 2.46. The van der Waals surface area contributed by atoms with Crippen molar-refractivity contribution in [2.24, 2.45) is 0 Å². The lowest BCUT2D eigenvalue weighted by Crippen LogP contribution is -2.41. The molecular weight excluding hydrogens is 399 g/mol. The Bertz CT molecular complexity index is 911. The number of rotatable bonds is 9. The Labute approximate surface area is 167 Å². The topological polar surface area (TPSA) is 113 Å². The predicted octanol–water partition coefficient (Wildman–Crippen LogP) is 1.48. The lowest BCUT2D eigenvalue weighted by Gasteiger charge is -2.24. The molecular formula is C17H27BN2O6SSi. The maximum Gasteiger partial charge on any atom is 0.489 e. The molecule has 1 heterocycles. The van der Waals surface area contributed by atoms with Crippen LogP contribution in [0.2, 0.25) is 25.7 Å². The molecule has 0 amide bonds. The van der Waals surface area contributed by atoms with Gasteiger partial charge in [0, 0.05) is 25.7 Å². The van der Waals surface area contributed by atoms with Gasteiger partial charge in [-0.15, -0.1) is 0 Å². The van der Waals surface area contributed by atoms with Crippen LogP contribution in [0.1, 0.15) is 11.3 Å². The molecule has 28 heavy (non-hydrogen) atoms. The van der Waals surface area contributed by atoms with Gasteiger partial charge in [0.1, 0.15) is 12.5 Å². The van der Waals surface area contributed by atoms with Crippen molar-refractivity contribution in [1.29, 1.82) is 0 Å². The standard InChI is InChI=1S/C17H27BN2O6SSi/c1-13-14(2)26-19-17(13)20(12-25-10-11-28(3,4)5)27(23,24)16-9-7-6-8-15(16)18(21)22/h6-9,21-22H,10-12H2,1-5H3. The Morgan fingerprint density at radius 1 is 1.21 bits per heavy atom. The molecule has 2 N–H and O–H groups in total. The lowest BCUT2D eigenvalue weighted by atomic mass is 9.80. The van der Waals surface area contributed by atoms with Crippen molar-refractivity contribution in [3.63, 3.8) is 0 Å². The minimum atomic E-state index is -4.18. The molecule has 0 bridgehead atoms. The Balaban J connectivity index is 2.42. The van der Waals surface area contributed by atoms with Crippen LogP contribution in [-0.2, 0) is 14.8 Å². The number of benzene rings is 1. The first-order chi connectivity index (χ1) is 12.9. The Morgan fingerprint density at radius 2 is 1.86 bits per heavy atom. The van der Waals surface area contributed by atoms with Crippen LogP contribution in [0.3, 0.4) is 0 Å². The molecule has 0 fully saturated rings. The van der Waals surface area contributed by atoms with Gasteiger partial charge in [0.2, 0.25) is 0 Å². The average Bonchev–Trinajstić information content (AvgIpc) is 2.93. The number of aromatic nitrogens is 1. The number of hydrogen-bond acceptors (Lipinski definition) is 7. The number of ether oxygens (including phenoxy) is 1. The lowest BCUT2D eigenvalue weighted by molar-refractivity contribution is 0.155. The maximum atomic E-state index is 13.4. The Hall–Kier alpha value is -1.66. The number of aryl methyl sites for hydroxylation is 1. The van der Waals surface area contributed by atoms with Gasteiger partial charge in [-0.1, -0.05) is 43.0 Å². The Kier molecular flexibility index (Phi) is 7.10. The van der Waals surface area contributed by atoms with E-state index in [0.29, 0.717) is 17.9 Å². The van der Waals surface area contributed by atoms with Crippen molar-refractivity contribution in [3.05, 3.63) is 35.6 Å². The van der Waals surface area contributed by atoms with Crippen LogP contribution in [0.15, 0.2) is 33.7 Å². The van der Waals surface area contributed by atoms with Crippen molar-refractivity contribution in [3.8, 4) is 0 Å². The molecule has 11 heteroatoms. The molecule has 8 nitrogen and oxygen atoms in total. The van der Waals surface area contributed by atoms with Crippen molar-refractivity contribution in [1.82, 2.24) is 5.16 Å². The zero-order chi connectivity index (χ0) is 21.1. The number of sulfonamides is 1. The van der Waals surface area contributed by atoms with Crippen LogP contribution in [0.4, 0.5) is 5.82 Å². The second kappa shape index (κ2) is 8.79. The molecule has 1 aromatic carbocycles. The van der Waals surface area contributed by atoms with Gasteiger partial charge in [-0.25, -0.2) is 12.7 Å². The largest absolute Gasteiger partial charge is 0.489 e. The van der Waals surface area contributed by atoms with Gasteiger partial charge < -0.3 is 19.3 Å². The minimum absolute atomic E-state index is 0.118. The fourth-order valence-corrected chi connectivity index (χ4v) is 4.78. The summed E-state index contributed by atoms with van der Waals surface area (Å²) in [5, 5.41) is 23.1. The number of nitrogens with zero attached hydrogens (tertiary/aromatic N) is 2. The third-order valence-corrected chi connectivity index (χ3v) is 7.83. The molecule has 2 rings (SSSR count).